The number of nitrogens with zero attached hydrogens (tertiary/aromatic N) is 2. The molecule has 0 unspecified atom stereocenters. The fraction of sp³-hybridized carbons (Fsp3) is 0.364. The topological polar surface area (TPSA) is 40.9 Å². The minimum Gasteiger partial charge on any atom is -0.319 e. The van der Waals surface area contributed by atoms with Crippen molar-refractivity contribution in [2.75, 3.05) is 26.7 Å². The monoisotopic (exact) mass is 333 g/mol. The minimum atomic E-state index is -0.411. The van der Waals surface area contributed by atoms with E-state index in [1.54, 1.807) is 0 Å². The number of carbonyl (C=O) groups is 1. The van der Waals surface area contributed by atoms with Gasteiger partial charge in [0.1, 0.15) is 6.54 Å². The van der Waals surface area contributed by atoms with Gasteiger partial charge < -0.3 is 4.48 Å². The molecule has 1 aliphatic rings. The Balaban J connectivity index is 1.71. The van der Waals surface area contributed by atoms with Gasteiger partial charge in [-0.3, -0.25) is 4.79 Å². The van der Waals surface area contributed by atoms with Gasteiger partial charge in [-0.05, 0) is 12.5 Å². The maximum Gasteiger partial charge on any atom is 0.216 e. The van der Waals surface area contributed by atoms with Gasteiger partial charge in [0.2, 0.25) is 5.78 Å². The first kappa shape index (κ1) is 17.4. The van der Waals surface area contributed by atoms with E-state index >= 15 is 0 Å². The zero-order valence-electron chi connectivity index (χ0n) is 15.0. The van der Waals surface area contributed by atoms with E-state index in [2.05, 4.69) is 25.2 Å². The second-order valence-electron chi connectivity index (χ2n) is 7.57. The molecule has 0 bridgehead atoms. The molecule has 3 nitrogen and oxygen atoms in total. The number of likely N-dealkylation sites (N-methyl/N-ethyl adjacent to an activating group) is 1. The second kappa shape index (κ2) is 6.82. The first-order valence-corrected chi connectivity index (χ1v) is 8.87. The molecule has 1 heterocycles. The largest absolute Gasteiger partial charge is 0.319 e. The molecule has 0 atom stereocenters. The number of ketones is 1. The summed E-state index contributed by atoms with van der Waals surface area (Å²) in [6, 6.07) is 20.5. The van der Waals surface area contributed by atoms with Gasteiger partial charge in [0.15, 0.2) is 0 Å². The average Bonchev–Trinajstić information content (AvgIpc) is 2.64. The summed E-state index contributed by atoms with van der Waals surface area (Å²) in [6.45, 7) is 4.22. The number of piperidine rings is 1. The number of nitriles is 1. The van der Waals surface area contributed by atoms with Crippen LogP contribution in [0.4, 0.5) is 0 Å². The Morgan fingerprint density at radius 2 is 1.68 bits per heavy atom. The molecule has 25 heavy (non-hydrogen) atoms. The van der Waals surface area contributed by atoms with Gasteiger partial charge in [0.05, 0.1) is 31.6 Å². The molecule has 0 spiro atoms. The van der Waals surface area contributed by atoms with Crippen molar-refractivity contribution in [3.05, 3.63) is 71.3 Å². The van der Waals surface area contributed by atoms with Crippen LogP contribution in [0.1, 0.15) is 34.3 Å². The van der Waals surface area contributed by atoms with Crippen LogP contribution in [0, 0.1) is 18.3 Å². The highest BCUT2D eigenvalue weighted by Crippen LogP contribution is 2.36. The van der Waals surface area contributed by atoms with E-state index in [-0.39, 0.29) is 5.78 Å². The molecule has 1 fully saturated rings. The van der Waals surface area contributed by atoms with Gasteiger partial charge in [-0.1, -0.05) is 60.2 Å². The molecule has 3 heteroatoms. The smallest absolute Gasteiger partial charge is 0.216 e. The molecule has 0 saturated carbocycles. The summed E-state index contributed by atoms with van der Waals surface area (Å²) in [6.07, 6.45) is 1.59. The lowest BCUT2D eigenvalue weighted by atomic mass is 9.73. The molecule has 0 N–H and O–H groups in total. The molecule has 0 aliphatic carbocycles. The van der Waals surface area contributed by atoms with E-state index in [9.17, 15) is 10.1 Å². The van der Waals surface area contributed by atoms with Crippen LogP contribution >= 0.6 is 0 Å². The first-order chi connectivity index (χ1) is 12.0. The molecule has 2 aromatic rings. The molecule has 0 radical (unpaired) electrons. The summed E-state index contributed by atoms with van der Waals surface area (Å²) in [7, 11) is 2.14. The third-order valence-electron chi connectivity index (χ3n) is 5.60. The molecule has 0 aromatic heterocycles. The van der Waals surface area contributed by atoms with E-state index in [1.165, 1.54) is 0 Å². The Labute approximate surface area is 150 Å². The van der Waals surface area contributed by atoms with E-state index < -0.39 is 5.41 Å². The van der Waals surface area contributed by atoms with Crippen molar-refractivity contribution in [1.82, 2.24) is 0 Å². The third-order valence-corrected chi connectivity index (χ3v) is 5.60. The highest BCUT2D eigenvalue weighted by Gasteiger charge is 2.42. The number of Topliss-reactive ketones (excluding diaryl/α,β-unsaturated/α-hetero) is 1. The first-order valence-electron chi connectivity index (χ1n) is 8.87. The van der Waals surface area contributed by atoms with E-state index in [1.807, 2.05) is 49.4 Å². The quantitative estimate of drug-likeness (QED) is 0.629. The average molecular weight is 333 g/mol. The van der Waals surface area contributed by atoms with Crippen molar-refractivity contribution < 1.29 is 9.28 Å². The molecule has 1 saturated heterocycles. The Morgan fingerprint density at radius 3 is 2.24 bits per heavy atom. The molecule has 1 aliphatic heterocycles. The number of aryl methyl sites for hydroxylation is 1. The van der Waals surface area contributed by atoms with Crippen LogP contribution in [0.5, 0.6) is 0 Å². The number of likely N-dealkylation sites (tertiary alicyclic amines) is 1. The third kappa shape index (κ3) is 3.65. The molecule has 128 valence electrons. The van der Waals surface area contributed by atoms with Crippen LogP contribution in [0.15, 0.2) is 54.6 Å². The maximum absolute atomic E-state index is 12.6. The Morgan fingerprint density at radius 1 is 1.08 bits per heavy atom. The summed E-state index contributed by atoms with van der Waals surface area (Å²) in [5.41, 5.74) is 2.64. The fourth-order valence-corrected chi connectivity index (χ4v) is 3.72. The zero-order valence-corrected chi connectivity index (χ0v) is 15.0. The lowest BCUT2D eigenvalue weighted by Crippen LogP contribution is -2.55. The van der Waals surface area contributed by atoms with Crippen LogP contribution < -0.4 is 0 Å². The summed E-state index contributed by atoms with van der Waals surface area (Å²) in [5.74, 6) is 0.187. The van der Waals surface area contributed by atoms with E-state index in [4.69, 9.17) is 0 Å². The second-order valence-corrected chi connectivity index (χ2v) is 7.57. The van der Waals surface area contributed by atoms with Gasteiger partial charge in [-0.2, -0.15) is 5.26 Å². The summed E-state index contributed by atoms with van der Waals surface area (Å²) in [4.78, 5) is 12.6. The molecule has 3 rings (SSSR count). The standard InChI is InChI=1S/C22H25N2O/c1-18-8-10-19(11-9-18)21(25)16-24(2)14-12-22(17-23,13-15-24)20-6-4-3-5-7-20/h3-11H,12-16H2,1-2H3/q+1. The Hall–Kier alpha value is -2.44. The predicted octanol–water partition coefficient (Wildman–Crippen LogP) is 3.88. The SMILES string of the molecule is Cc1ccc(C(=O)C[N+]2(C)CCC(C#N)(c3ccccc3)CC2)cc1. The zero-order chi connectivity index (χ0) is 17.9. The lowest BCUT2D eigenvalue weighted by molar-refractivity contribution is -0.907. The maximum atomic E-state index is 12.6. The van der Waals surface area contributed by atoms with E-state index in [0.717, 1.165) is 42.6 Å². The van der Waals surface area contributed by atoms with Gasteiger partial charge >= 0.3 is 0 Å². The number of hydrogen-bond acceptors (Lipinski definition) is 2. The van der Waals surface area contributed by atoms with E-state index in [0.29, 0.717) is 11.0 Å². The van der Waals surface area contributed by atoms with Gasteiger partial charge in [0, 0.05) is 18.4 Å². The van der Waals surface area contributed by atoms with Gasteiger partial charge in [-0.25, -0.2) is 0 Å². The number of rotatable bonds is 4. The van der Waals surface area contributed by atoms with Crippen molar-refractivity contribution in [3.63, 3.8) is 0 Å². The number of hydrogen-bond donors (Lipinski definition) is 0. The van der Waals surface area contributed by atoms with Crippen LogP contribution in [0.3, 0.4) is 0 Å². The number of quaternary nitrogens is 1. The van der Waals surface area contributed by atoms with Crippen molar-refractivity contribution in [2.45, 2.75) is 25.2 Å². The lowest BCUT2D eigenvalue weighted by Gasteiger charge is -2.43. The highest BCUT2D eigenvalue weighted by molar-refractivity contribution is 5.97. The van der Waals surface area contributed by atoms with Crippen LogP contribution in [0.25, 0.3) is 0 Å². The summed E-state index contributed by atoms with van der Waals surface area (Å²) < 4.78 is 0.711. The summed E-state index contributed by atoms with van der Waals surface area (Å²) >= 11 is 0. The Kier molecular flexibility index (Phi) is 4.74. The van der Waals surface area contributed by atoms with Crippen molar-refractivity contribution in [2.24, 2.45) is 0 Å². The van der Waals surface area contributed by atoms with Crippen molar-refractivity contribution in [3.8, 4) is 6.07 Å². The van der Waals surface area contributed by atoms with Crippen molar-refractivity contribution >= 4 is 5.78 Å². The summed E-state index contributed by atoms with van der Waals surface area (Å²) in [5, 5.41) is 9.83. The van der Waals surface area contributed by atoms with Crippen molar-refractivity contribution in [1.29, 1.82) is 5.26 Å². The molecule has 2 aromatic carbocycles. The molecule has 0 amide bonds. The number of carbonyl (C=O) groups excluding carboxylic acids is 1. The van der Waals surface area contributed by atoms with Crippen LogP contribution in [-0.4, -0.2) is 36.9 Å². The molecular formula is C22H25N2O+. The predicted molar refractivity (Wildman–Crippen MR) is 99.3 cm³/mol. The minimum absolute atomic E-state index is 0.187. The number of benzene rings is 2. The molecular weight excluding hydrogens is 308 g/mol. The van der Waals surface area contributed by atoms with Gasteiger partial charge in [0.25, 0.3) is 0 Å². The van der Waals surface area contributed by atoms with Crippen LogP contribution in [-0.2, 0) is 5.41 Å². The Bertz CT molecular complexity index is 779. The normalized spacial score (nSPS) is 26.0. The van der Waals surface area contributed by atoms with Gasteiger partial charge in [-0.15, -0.1) is 0 Å². The fourth-order valence-electron chi connectivity index (χ4n) is 3.72. The van der Waals surface area contributed by atoms with Crippen LogP contribution in [0.2, 0.25) is 0 Å². The highest BCUT2D eigenvalue weighted by atomic mass is 16.1.